The smallest absolute Gasteiger partial charge is 0.0510 e. The molecule has 2 aliphatic rings. The number of ether oxygens (including phenoxy) is 1. The Labute approximate surface area is 105 Å². The molecule has 2 fully saturated rings. The molecule has 0 amide bonds. The highest BCUT2D eigenvalue weighted by Gasteiger charge is 2.30. The molecule has 1 N–H and O–H groups in total. The Kier molecular flexibility index (Phi) is 4.79. The molecule has 3 unspecified atom stereocenters. The van der Waals surface area contributed by atoms with Crippen LogP contribution in [-0.4, -0.2) is 75.9 Å². The van der Waals surface area contributed by atoms with E-state index in [0.717, 1.165) is 19.3 Å². The van der Waals surface area contributed by atoms with Gasteiger partial charge in [-0.25, -0.2) is 0 Å². The van der Waals surface area contributed by atoms with Gasteiger partial charge in [0.2, 0.25) is 0 Å². The standard InChI is InChI=1S/C13H27N3O/c1-14-13(11-5-7-17-10-11)9-16-6-4-12(8-16)15(2)3/h11-14H,4-10H2,1-3H3. The first-order chi connectivity index (χ1) is 8.20. The lowest BCUT2D eigenvalue weighted by atomic mass is 9.99. The van der Waals surface area contributed by atoms with Crippen molar-refractivity contribution in [1.29, 1.82) is 0 Å². The van der Waals surface area contributed by atoms with Gasteiger partial charge in [0, 0.05) is 37.7 Å². The van der Waals surface area contributed by atoms with Crippen molar-refractivity contribution in [2.24, 2.45) is 5.92 Å². The quantitative estimate of drug-likeness (QED) is 0.746. The summed E-state index contributed by atoms with van der Waals surface area (Å²) in [6, 6.07) is 1.34. The Bertz CT molecular complexity index is 229. The molecule has 0 aliphatic carbocycles. The first kappa shape index (κ1) is 13.3. The third-order valence-electron chi connectivity index (χ3n) is 4.34. The van der Waals surface area contributed by atoms with Crippen molar-refractivity contribution < 1.29 is 4.74 Å². The molecule has 3 atom stereocenters. The van der Waals surface area contributed by atoms with Gasteiger partial charge in [-0.15, -0.1) is 0 Å². The zero-order chi connectivity index (χ0) is 12.3. The van der Waals surface area contributed by atoms with Crippen LogP contribution in [0.5, 0.6) is 0 Å². The van der Waals surface area contributed by atoms with Crippen molar-refractivity contribution >= 4 is 0 Å². The molecule has 0 bridgehead atoms. The lowest BCUT2D eigenvalue weighted by Crippen LogP contribution is -2.44. The van der Waals surface area contributed by atoms with E-state index in [1.807, 2.05) is 0 Å². The molecule has 0 radical (unpaired) electrons. The number of hydrogen-bond acceptors (Lipinski definition) is 4. The second-order valence-corrected chi connectivity index (χ2v) is 5.68. The molecule has 2 saturated heterocycles. The minimum Gasteiger partial charge on any atom is -0.381 e. The van der Waals surface area contributed by atoms with E-state index in [2.05, 4.69) is 36.3 Å². The molecule has 0 aromatic carbocycles. The topological polar surface area (TPSA) is 27.7 Å². The van der Waals surface area contributed by atoms with E-state index in [1.165, 1.54) is 32.5 Å². The van der Waals surface area contributed by atoms with Gasteiger partial charge < -0.3 is 19.9 Å². The van der Waals surface area contributed by atoms with Crippen LogP contribution in [0.25, 0.3) is 0 Å². The summed E-state index contributed by atoms with van der Waals surface area (Å²) >= 11 is 0. The molecule has 100 valence electrons. The van der Waals surface area contributed by atoms with Crippen molar-refractivity contribution in [3.8, 4) is 0 Å². The van der Waals surface area contributed by atoms with E-state index in [0.29, 0.717) is 12.0 Å². The van der Waals surface area contributed by atoms with Crippen LogP contribution in [0, 0.1) is 5.92 Å². The molecule has 2 heterocycles. The number of hydrogen-bond donors (Lipinski definition) is 1. The highest BCUT2D eigenvalue weighted by molar-refractivity contribution is 4.86. The normalized spacial score (nSPS) is 32.5. The van der Waals surface area contributed by atoms with Crippen LogP contribution in [0.15, 0.2) is 0 Å². The van der Waals surface area contributed by atoms with Crippen LogP contribution in [-0.2, 0) is 4.74 Å². The summed E-state index contributed by atoms with van der Waals surface area (Å²) in [7, 11) is 6.46. The highest BCUT2D eigenvalue weighted by atomic mass is 16.5. The first-order valence-electron chi connectivity index (χ1n) is 6.84. The van der Waals surface area contributed by atoms with Gasteiger partial charge in [-0.2, -0.15) is 0 Å². The number of likely N-dealkylation sites (tertiary alicyclic amines) is 1. The van der Waals surface area contributed by atoms with E-state index in [9.17, 15) is 0 Å². The van der Waals surface area contributed by atoms with Gasteiger partial charge in [0.25, 0.3) is 0 Å². The Morgan fingerprint density at radius 2 is 2.24 bits per heavy atom. The summed E-state index contributed by atoms with van der Waals surface area (Å²) in [5.41, 5.74) is 0. The summed E-state index contributed by atoms with van der Waals surface area (Å²) in [5, 5.41) is 3.48. The third kappa shape index (κ3) is 3.41. The van der Waals surface area contributed by atoms with Gasteiger partial charge in [0.15, 0.2) is 0 Å². The van der Waals surface area contributed by atoms with Gasteiger partial charge in [-0.3, -0.25) is 0 Å². The van der Waals surface area contributed by atoms with Gasteiger partial charge >= 0.3 is 0 Å². The van der Waals surface area contributed by atoms with Crippen LogP contribution in [0.4, 0.5) is 0 Å². The van der Waals surface area contributed by atoms with E-state index in [4.69, 9.17) is 4.74 Å². The minimum absolute atomic E-state index is 0.596. The van der Waals surface area contributed by atoms with E-state index < -0.39 is 0 Å². The van der Waals surface area contributed by atoms with Crippen LogP contribution in [0.2, 0.25) is 0 Å². The average molecular weight is 241 g/mol. The maximum atomic E-state index is 5.50. The maximum Gasteiger partial charge on any atom is 0.0510 e. The summed E-state index contributed by atoms with van der Waals surface area (Å²) in [6.45, 7) is 5.53. The van der Waals surface area contributed by atoms with E-state index in [1.54, 1.807) is 0 Å². The van der Waals surface area contributed by atoms with Crippen LogP contribution < -0.4 is 5.32 Å². The van der Waals surface area contributed by atoms with Crippen molar-refractivity contribution in [2.75, 3.05) is 54.0 Å². The summed E-state index contributed by atoms with van der Waals surface area (Å²) in [6.07, 6.45) is 2.53. The van der Waals surface area contributed by atoms with Crippen LogP contribution in [0.1, 0.15) is 12.8 Å². The van der Waals surface area contributed by atoms with Crippen molar-refractivity contribution in [3.63, 3.8) is 0 Å². The first-order valence-corrected chi connectivity index (χ1v) is 6.84. The van der Waals surface area contributed by atoms with Gasteiger partial charge in [-0.1, -0.05) is 0 Å². The number of nitrogens with zero attached hydrogens (tertiary/aromatic N) is 2. The zero-order valence-corrected chi connectivity index (χ0v) is 11.5. The number of nitrogens with one attached hydrogen (secondary N) is 1. The fourth-order valence-electron chi connectivity index (χ4n) is 3.02. The third-order valence-corrected chi connectivity index (χ3v) is 4.34. The van der Waals surface area contributed by atoms with Gasteiger partial charge in [0.1, 0.15) is 0 Å². The average Bonchev–Trinajstić information content (AvgIpc) is 2.96. The second-order valence-electron chi connectivity index (χ2n) is 5.68. The van der Waals surface area contributed by atoms with E-state index in [-0.39, 0.29) is 0 Å². The molecule has 2 rings (SSSR count). The molecule has 0 spiro atoms. The lowest BCUT2D eigenvalue weighted by Gasteiger charge is -2.28. The number of rotatable bonds is 5. The van der Waals surface area contributed by atoms with Crippen molar-refractivity contribution in [3.05, 3.63) is 0 Å². The Morgan fingerprint density at radius 3 is 2.76 bits per heavy atom. The second kappa shape index (κ2) is 6.14. The number of likely N-dealkylation sites (N-methyl/N-ethyl adjacent to an activating group) is 2. The largest absolute Gasteiger partial charge is 0.381 e. The van der Waals surface area contributed by atoms with Gasteiger partial charge in [-0.05, 0) is 40.5 Å². The van der Waals surface area contributed by atoms with Crippen molar-refractivity contribution in [2.45, 2.75) is 24.9 Å². The Hall–Kier alpha value is -0.160. The summed E-state index contributed by atoms with van der Waals surface area (Å²) < 4.78 is 5.50. The Balaban J connectivity index is 1.79. The molecule has 4 heteroatoms. The molecule has 4 nitrogen and oxygen atoms in total. The van der Waals surface area contributed by atoms with E-state index >= 15 is 0 Å². The lowest BCUT2D eigenvalue weighted by molar-refractivity contribution is 0.166. The van der Waals surface area contributed by atoms with Gasteiger partial charge in [0.05, 0.1) is 6.61 Å². The fraction of sp³-hybridized carbons (Fsp3) is 1.00. The van der Waals surface area contributed by atoms with Crippen molar-refractivity contribution in [1.82, 2.24) is 15.1 Å². The van der Waals surface area contributed by atoms with Crippen LogP contribution >= 0.6 is 0 Å². The highest BCUT2D eigenvalue weighted by Crippen LogP contribution is 2.20. The minimum atomic E-state index is 0.596. The summed E-state index contributed by atoms with van der Waals surface area (Å²) in [4.78, 5) is 4.96. The maximum absolute atomic E-state index is 5.50. The van der Waals surface area contributed by atoms with Crippen LogP contribution in [0.3, 0.4) is 0 Å². The monoisotopic (exact) mass is 241 g/mol. The fourth-order valence-corrected chi connectivity index (χ4v) is 3.02. The molecular formula is C13H27N3O. The summed E-state index contributed by atoms with van der Waals surface area (Å²) in [5.74, 6) is 0.707. The zero-order valence-electron chi connectivity index (χ0n) is 11.5. The molecule has 0 saturated carbocycles. The molecule has 17 heavy (non-hydrogen) atoms. The molecular weight excluding hydrogens is 214 g/mol. The predicted octanol–water partition coefficient (Wildman–Crippen LogP) is 0.247. The molecule has 2 aliphatic heterocycles. The molecule has 0 aromatic rings. The predicted molar refractivity (Wildman–Crippen MR) is 70.3 cm³/mol. The molecule has 0 aromatic heterocycles. The Morgan fingerprint density at radius 1 is 1.41 bits per heavy atom. The SMILES string of the molecule is CNC(CN1CCC(N(C)C)C1)C1CCOC1.